The van der Waals surface area contributed by atoms with Crippen molar-refractivity contribution >= 4 is 105 Å². The molecule has 2 aliphatic carbocycles. The van der Waals surface area contributed by atoms with Crippen LogP contribution >= 0.6 is 0 Å². The molecule has 3 atom stereocenters. The zero-order valence-corrected chi connectivity index (χ0v) is 89.5. The molecule has 1 amide bonds. The number of furan rings is 4. The minimum absolute atomic E-state index is 0.0287. The van der Waals surface area contributed by atoms with Gasteiger partial charge in [-0.05, 0) is 357 Å². The Labute approximate surface area is 829 Å². The summed E-state index contributed by atoms with van der Waals surface area (Å²) in [7, 11) is 0. The van der Waals surface area contributed by atoms with E-state index in [2.05, 4.69) is 333 Å². The lowest BCUT2D eigenvalue weighted by molar-refractivity contribution is -0.121. The van der Waals surface area contributed by atoms with Crippen molar-refractivity contribution in [2.24, 2.45) is 41.4 Å². The van der Waals surface area contributed by atoms with E-state index >= 15 is 0 Å². The van der Waals surface area contributed by atoms with E-state index in [1.807, 2.05) is 26.8 Å². The van der Waals surface area contributed by atoms with Gasteiger partial charge in [0, 0.05) is 112 Å². The lowest BCUT2D eigenvalue weighted by Gasteiger charge is -2.31. The number of aromatic nitrogens is 4. The molecule has 3 N–H and O–H groups in total. The number of allylic oxidation sites excluding steroid dienone is 1. The SMILES string of the molecule is CC(C)C1=Cc2cc3c(cc2C1)CCN(C(C)C)CC3.CC(C)C1CCc2cc3c(cc2OC1)CCC(C(C)C)C(=O)N3.CC(C)c1cc2cc3c(cc2[nH]1)CC(C(C)C)CC3.CC(C)c1cc2cc3c(cc2[nH]1)CN(C(C)C)CC3.CC(C)c1cc2cc3oc(C(C)C)cc3cc2o1.CC(C)c1ccc2nc3cc(C(C)C)ccc3nc2c1.Cc1c(C(C)C)oc2cc3c(F)c(C(C)C)oc3cc12. The zero-order chi connectivity index (χ0) is 99.7. The van der Waals surface area contributed by atoms with E-state index in [9.17, 15) is 9.18 Å². The van der Waals surface area contributed by atoms with Crippen LogP contribution in [0.5, 0.6) is 5.75 Å². The van der Waals surface area contributed by atoms with E-state index in [4.69, 9.17) is 32.4 Å². The fraction of sp³-hybridized carbons (Fsp3) is 0.496. The highest BCUT2D eigenvalue weighted by molar-refractivity contribution is 5.98. The number of carbonyl (C=O) groups excluding carboxylic acids is 1. The third-order valence-electron chi connectivity index (χ3n) is 30.7. The topological polar surface area (TPSA) is 155 Å². The van der Waals surface area contributed by atoms with Gasteiger partial charge in [0.15, 0.2) is 5.82 Å². The first kappa shape index (κ1) is 103. The number of hydrogen-bond acceptors (Lipinski definition) is 10. The molecule has 8 aromatic carbocycles. The van der Waals surface area contributed by atoms with E-state index in [0.29, 0.717) is 93.9 Å². The molecule has 14 heteroatoms. The quantitative estimate of drug-likeness (QED) is 0.0896. The van der Waals surface area contributed by atoms with Gasteiger partial charge in [-0.2, -0.15) is 0 Å². The van der Waals surface area contributed by atoms with Crippen LogP contribution in [0.25, 0.3) is 93.8 Å². The smallest absolute Gasteiger partial charge is 0.227 e. The molecule has 4 aliphatic heterocycles. The van der Waals surface area contributed by atoms with E-state index in [-0.39, 0.29) is 23.6 Å². The summed E-state index contributed by atoms with van der Waals surface area (Å²) in [6, 6.07) is 49.7. The molecule has 0 saturated carbocycles. The Morgan fingerprint density at radius 3 is 1.40 bits per heavy atom. The number of fused-ring (bicyclic) bond motifs is 14. The average Bonchev–Trinajstić information content (AvgIpc) is 1.53. The summed E-state index contributed by atoms with van der Waals surface area (Å²) in [4.78, 5) is 34.3. The number of benzene rings is 8. The van der Waals surface area contributed by atoms with Gasteiger partial charge in [-0.25, -0.2) is 14.4 Å². The fourth-order valence-corrected chi connectivity index (χ4v) is 20.9. The molecule has 7 aromatic heterocycles. The predicted octanol–water partition coefficient (Wildman–Crippen LogP) is 34.0. The summed E-state index contributed by atoms with van der Waals surface area (Å²) in [6.07, 6.45) is 15.2. The van der Waals surface area contributed by atoms with Crippen molar-refractivity contribution in [3.8, 4) is 5.75 Å². The number of carbonyl (C=O) groups is 1. The van der Waals surface area contributed by atoms with E-state index in [0.717, 1.165) is 140 Å². The van der Waals surface area contributed by atoms with Crippen molar-refractivity contribution < 1.29 is 31.6 Å². The first-order valence-electron chi connectivity index (χ1n) is 53.1. The van der Waals surface area contributed by atoms with Crippen LogP contribution in [0, 0.1) is 54.2 Å². The van der Waals surface area contributed by atoms with E-state index in [1.54, 1.807) is 45.0 Å². The monoisotopic (exact) mass is 1880 g/mol. The van der Waals surface area contributed by atoms with Gasteiger partial charge in [0.1, 0.15) is 51.1 Å². The minimum atomic E-state index is -0.267. The maximum absolute atomic E-state index is 14.3. The summed E-state index contributed by atoms with van der Waals surface area (Å²) in [5.41, 5.74) is 33.7. The standard InChI is InChI=1S/C20H29NO2.C19H27N.C18H20N2.C18H25N.C17H19FO2.C17H24N2.C16H18O2/c1-12(2)16-6-5-15-9-18-14(10-19(15)23-11-16)7-8-17(13(3)4)20(22)21-18;1-13(2)17-11-18-9-15-5-7-20(14(3)4)8-6-16(15)10-19(18)12-17;1-11(2)13-5-7-15-17(9-13)19-16-8-6-14(12(3)4)10-18(16)20-15;1-11(2)13-5-6-14-8-16-10-17(12(3)4)19-18(16)9-15(14)7-13;1-8(2)16-10(5)11-6-14-12(7-13(11)19-16)15(18)17(20-14)9(3)4;1-11(2)16-8-14-7-13-5-6-19(12(3)4)10-15(13)9-17(14)18-16;1-9(2)13-5-11-7-16-12(8-15(11)17-13)6-14(18-16)10(3)4/h9-10,12-13,16-17H,5-8,11H2,1-4H3,(H,21,22);9-11,13-14H,5-8,12H2,1-4H3;5-12H,1-4H3;8-13,19H,5-7H2,1-4H3;6-9H,1-5H3;7-9,11-12,18H,5-6,10H2,1-4H3;5-10H,1-4H3. The molecular weight excluding hydrogens is 1710 g/mol. The number of aromatic amines is 2. The van der Waals surface area contributed by atoms with Crippen molar-refractivity contribution in [1.82, 2.24) is 29.7 Å². The van der Waals surface area contributed by atoms with Crippen molar-refractivity contribution in [3.05, 3.63) is 252 Å². The average molecular weight is 1880 g/mol. The molecule has 0 fully saturated rings. The number of amides is 1. The molecule has 15 aromatic rings. The van der Waals surface area contributed by atoms with Crippen LogP contribution in [0.3, 0.4) is 0 Å². The number of nitrogens with one attached hydrogen (secondary N) is 3. The normalized spacial score (nSPS) is 16.8. The molecule has 11 heterocycles. The molecule has 0 bridgehead atoms. The summed E-state index contributed by atoms with van der Waals surface area (Å²) in [6.45, 7) is 69.3. The highest BCUT2D eigenvalue weighted by Crippen LogP contribution is 2.43. The van der Waals surface area contributed by atoms with Crippen molar-refractivity contribution in [1.29, 1.82) is 0 Å². The molecule has 6 aliphatic rings. The summed E-state index contributed by atoms with van der Waals surface area (Å²) in [5, 5.41) is 9.69. The number of rotatable bonds is 14. The van der Waals surface area contributed by atoms with Crippen LogP contribution in [0.15, 0.2) is 157 Å². The summed E-state index contributed by atoms with van der Waals surface area (Å²) < 4.78 is 43.7. The number of hydrogen-bond donors (Lipinski definition) is 3. The Morgan fingerprint density at radius 2 is 0.885 bits per heavy atom. The zero-order valence-electron chi connectivity index (χ0n) is 89.5. The molecule has 0 spiro atoms. The lowest BCUT2D eigenvalue weighted by Crippen LogP contribution is -2.35. The Morgan fingerprint density at radius 1 is 0.388 bits per heavy atom. The van der Waals surface area contributed by atoms with Gasteiger partial charge in [0.2, 0.25) is 5.91 Å². The van der Waals surface area contributed by atoms with Gasteiger partial charge in [-0.15, -0.1) is 0 Å². The van der Waals surface area contributed by atoms with E-state index < -0.39 is 0 Å². The first-order valence-corrected chi connectivity index (χ1v) is 53.1. The molecule has 0 radical (unpaired) electrons. The highest BCUT2D eigenvalue weighted by Gasteiger charge is 2.32. The van der Waals surface area contributed by atoms with Crippen LogP contribution in [-0.2, 0) is 62.7 Å². The van der Waals surface area contributed by atoms with Crippen molar-refractivity contribution in [3.63, 3.8) is 0 Å². The highest BCUT2D eigenvalue weighted by atomic mass is 19.1. The molecule has 740 valence electrons. The summed E-state index contributed by atoms with van der Waals surface area (Å²) in [5.74, 6) is 11.8. The third kappa shape index (κ3) is 23.8. The van der Waals surface area contributed by atoms with Gasteiger partial charge >= 0.3 is 0 Å². The predicted molar refractivity (Wildman–Crippen MR) is 584 cm³/mol. The van der Waals surface area contributed by atoms with Crippen LogP contribution < -0.4 is 10.1 Å². The van der Waals surface area contributed by atoms with Crippen molar-refractivity contribution in [2.45, 2.75) is 337 Å². The molecular formula is C125H162FN7O6. The second-order valence-corrected chi connectivity index (χ2v) is 45.7. The van der Waals surface area contributed by atoms with Crippen molar-refractivity contribution in [2.75, 3.05) is 31.6 Å². The fourth-order valence-electron chi connectivity index (χ4n) is 20.9. The van der Waals surface area contributed by atoms with Crippen LogP contribution in [0.1, 0.15) is 367 Å². The number of nitrogens with zero attached hydrogens (tertiary/aromatic N) is 4. The van der Waals surface area contributed by atoms with Gasteiger partial charge in [0.25, 0.3) is 0 Å². The minimum Gasteiger partial charge on any atom is -0.493 e. The van der Waals surface area contributed by atoms with E-state index in [1.165, 1.54) is 131 Å². The molecule has 0 saturated heterocycles. The maximum Gasteiger partial charge on any atom is 0.227 e. The van der Waals surface area contributed by atoms with Crippen LogP contribution in [0.2, 0.25) is 0 Å². The second kappa shape index (κ2) is 43.9. The summed E-state index contributed by atoms with van der Waals surface area (Å²) >= 11 is 0. The first-order chi connectivity index (χ1) is 66.1. The van der Waals surface area contributed by atoms with Gasteiger partial charge in [0.05, 0.1) is 34.1 Å². The van der Waals surface area contributed by atoms with Gasteiger partial charge in [-0.3, -0.25) is 9.69 Å². The number of halogens is 1. The van der Waals surface area contributed by atoms with Gasteiger partial charge in [-0.1, -0.05) is 202 Å². The lowest BCUT2D eigenvalue weighted by atomic mass is 9.78. The Hall–Kier alpha value is -10.5. The Bertz CT molecular complexity index is 6520. The van der Waals surface area contributed by atoms with Crippen LogP contribution in [-0.4, -0.2) is 74.0 Å². The van der Waals surface area contributed by atoms with Gasteiger partial charge < -0.3 is 42.6 Å². The number of anilines is 1. The molecule has 3 unspecified atom stereocenters. The molecule has 13 nitrogen and oxygen atoms in total. The number of ether oxygens (including phenoxy) is 1. The Kier molecular flexibility index (Phi) is 32.5. The Balaban J connectivity index is 0.000000123. The number of aryl methyl sites for hydroxylation is 4. The number of H-pyrrole nitrogens is 2. The third-order valence-corrected chi connectivity index (χ3v) is 30.7. The van der Waals surface area contributed by atoms with Crippen LogP contribution in [0.4, 0.5) is 10.1 Å². The maximum atomic E-state index is 14.3. The second-order valence-electron chi connectivity index (χ2n) is 45.7. The largest absolute Gasteiger partial charge is 0.493 e. The molecule has 139 heavy (non-hydrogen) atoms. The molecule has 21 rings (SSSR count).